The molecule has 0 saturated carbocycles. The molecular formula is C10H19N. The van der Waals surface area contributed by atoms with Gasteiger partial charge in [0.15, 0.2) is 0 Å². The average molecular weight is 153 g/mol. The highest BCUT2D eigenvalue weighted by atomic mass is 15.1. The van der Waals surface area contributed by atoms with Gasteiger partial charge in [-0.3, -0.25) is 4.90 Å². The largest absolute Gasteiger partial charge is 0.299 e. The van der Waals surface area contributed by atoms with Crippen LogP contribution in [-0.2, 0) is 0 Å². The summed E-state index contributed by atoms with van der Waals surface area (Å²) in [4.78, 5) is 2.52. The first-order chi connectivity index (χ1) is 5.36. The topological polar surface area (TPSA) is 3.24 Å². The Morgan fingerprint density at radius 2 is 2.27 bits per heavy atom. The van der Waals surface area contributed by atoms with Crippen LogP contribution >= 0.6 is 0 Å². The first-order valence-corrected chi connectivity index (χ1v) is 4.77. The third-order valence-electron chi connectivity index (χ3n) is 2.32. The molecule has 1 aliphatic rings. The molecule has 0 unspecified atom stereocenters. The Hall–Kier alpha value is -0.300. The van der Waals surface area contributed by atoms with E-state index in [2.05, 4.69) is 24.8 Å². The summed E-state index contributed by atoms with van der Waals surface area (Å²) in [5.74, 6) is 0. The monoisotopic (exact) mass is 153 g/mol. The fourth-order valence-corrected chi connectivity index (χ4v) is 1.65. The summed E-state index contributed by atoms with van der Waals surface area (Å²) in [6.07, 6.45) is 6.29. The van der Waals surface area contributed by atoms with E-state index < -0.39 is 0 Å². The zero-order valence-corrected chi connectivity index (χ0v) is 7.77. The van der Waals surface area contributed by atoms with Crippen LogP contribution in [-0.4, -0.2) is 24.5 Å². The fraction of sp³-hybridized carbons (Fsp3) is 0.800. The molecule has 0 aromatic rings. The van der Waals surface area contributed by atoms with Crippen LogP contribution in [0.15, 0.2) is 11.6 Å². The summed E-state index contributed by atoms with van der Waals surface area (Å²) >= 11 is 0. The van der Waals surface area contributed by atoms with E-state index >= 15 is 0 Å². The van der Waals surface area contributed by atoms with Gasteiger partial charge in [-0.15, -0.1) is 0 Å². The Labute approximate surface area is 70.1 Å². The summed E-state index contributed by atoms with van der Waals surface area (Å²) in [7, 11) is 0. The van der Waals surface area contributed by atoms with Gasteiger partial charge < -0.3 is 0 Å². The van der Waals surface area contributed by atoms with Crippen molar-refractivity contribution in [3.8, 4) is 0 Å². The predicted octanol–water partition coefficient (Wildman–Crippen LogP) is 2.44. The molecule has 0 bridgehead atoms. The zero-order valence-electron chi connectivity index (χ0n) is 7.77. The number of hydrogen-bond acceptors (Lipinski definition) is 1. The third kappa shape index (κ3) is 2.66. The third-order valence-corrected chi connectivity index (χ3v) is 2.32. The summed E-state index contributed by atoms with van der Waals surface area (Å²) in [5.41, 5.74) is 1.65. The van der Waals surface area contributed by atoms with Gasteiger partial charge in [0.25, 0.3) is 0 Å². The molecule has 0 spiro atoms. The minimum Gasteiger partial charge on any atom is -0.299 e. The van der Waals surface area contributed by atoms with Gasteiger partial charge in [0.05, 0.1) is 0 Å². The standard InChI is InChI=1S/C10H19N/c1-3-6-10-7-5-8-11(4-2)9-10/h7H,3-6,8-9H2,1-2H3. The maximum absolute atomic E-state index is 2.52. The number of likely N-dealkylation sites (N-methyl/N-ethyl adjacent to an activating group) is 1. The second kappa shape index (κ2) is 4.55. The molecule has 0 N–H and O–H groups in total. The molecule has 1 aliphatic heterocycles. The molecule has 11 heavy (non-hydrogen) atoms. The van der Waals surface area contributed by atoms with Crippen molar-refractivity contribution in [3.63, 3.8) is 0 Å². The van der Waals surface area contributed by atoms with Crippen LogP contribution in [0.5, 0.6) is 0 Å². The SMILES string of the molecule is CCCC1=CCCN(CC)C1. The Morgan fingerprint density at radius 1 is 1.45 bits per heavy atom. The molecule has 0 saturated heterocycles. The van der Waals surface area contributed by atoms with Crippen molar-refractivity contribution in [2.24, 2.45) is 0 Å². The molecule has 0 fully saturated rings. The lowest BCUT2D eigenvalue weighted by Gasteiger charge is -2.25. The first-order valence-electron chi connectivity index (χ1n) is 4.77. The Morgan fingerprint density at radius 3 is 2.91 bits per heavy atom. The molecule has 64 valence electrons. The van der Waals surface area contributed by atoms with Crippen molar-refractivity contribution in [1.29, 1.82) is 0 Å². The van der Waals surface area contributed by atoms with Gasteiger partial charge in [0, 0.05) is 13.1 Å². The summed E-state index contributed by atoms with van der Waals surface area (Å²) in [6.45, 7) is 8.20. The van der Waals surface area contributed by atoms with Gasteiger partial charge >= 0.3 is 0 Å². The van der Waals surface area contributed by atoms with E-state index in [1.54, 1.807) is 5.57 Å². The summed E-state index contributed by atoms with van der Waals surface area (Å²) in [6, 6.07) is 0. The smallest absolute Gasteiger partial charge is 0.0192 e. The Bertz CT molecular complexity index is 138. The van der Waals surface area contributed by atoms with Crippen molar-refractivity contribution in [2.75, 3.05) is 19.6 Å². The lowest BCUT2D eigenvalue weighted by Crippen LogP contribution is -2.29. The van der Waals surface area contributed by atoms with Crippen LogP contribution in [0.2, 0.25) is 0 Å². The molecule has 1 heteroatoms. The predicted molar refractivity (Wildman–Crippen MR) is 49.7 cm³/mol. The van der Waals surface area contributed by atoms with E-state index in [9.17, 15) is 0 Å². The quantitative estimate of drug-likeness (QED) is 0.563. The van der Waals surface area contributed by atoms with Gasteiger partial charge in [0.2, 0.25) is 0 Å². The molecule has 0 amide bonds. The van der Waals surface area contributed by atoms with Crippen LogP contribution in [0, 0.1) is 0 Å². The normalized spacial score (nSPS) is 20.0. The molecule has 1 rings (SSSR count). The number of hydrogen-bond donors (Lipinski definition) is 0. The van der Waals surface area contributed by atoms with Crippen molar-refractivity contribution in [3.05, 3.63) is 11.6 Å². The van der Waals surface area contributed by atoms with Crippen molar-refractivity contribution in [2.45, 2.75) is 33.1 Å². The summed E-state index contributed by atoms with van der Waals surface area (Å²) < 4.78 is 0. The van der Waals surface area contributed by atoms with Crippen LogP contribution in [0.4, 0.5) is 0 Å². The highest BCUT2D eigenvalue weighted by Crippen LogP contribution is 2.13. The van der Waals surface area contributed by atoms with E-state index in [1.165, 1.54) is 38.9 Å². The average Bonchev–Trinajstić information content (AvgIpc) is 2.06. The van der Waals surface area contributed by atoms with Crippen LogP contribution in [0.3, 0.4) is 0 Å². The molecule has 0 aromatic carbocycles. The van der Waals surface area contributed by atoms with Crippen LogP contribution < -0.4 is 0 Å². The maximum atomic E-state index is 2.52. The Balaban J connectivity index is 2.35. The van der Waals surface area contributed by atoms with E-state index in [1.807, 2.05) is 0 Å². The molecule has 1 heterocycles. The highest BCUT2D eigenvalue weighted by molar-refractivity contribution is 5.07. The molecular weight excluding hydrogens is 134 g/mol. The first kappa shape index (κ1) is 8.79. The number of rotatable bonds is 3. The molecule has 0 radical (unpaired) electrons. The van der Waals surface area contributed by atoms with E-state index in [4.69, 9.17) is 0 Å². The lowest BCUT2D eigenvalue weighted by molar-refractivity contribution is 0.302. The lowest BCUT2D eigenvalue weighted by atomic mass is 10.1. The van der Waals surface area contributed by atoms with Gasteiger partial charge in [-0.05, 0) is 19.4 Å². The van der Waals surface area contributed by atoms with Crippen molar-refractivity contribution in [1.82, 2.24) is 4.90 Å². The van der Waals surface area contributed by atoms with E-state index in [-0.39, 0.29) is 0 Å². The zero-order chi connectivity index (χ0) is 8.10. The minimum absolute atomic E-state index is 1.21. The van der Waals surface area contributed by atoms with E-state index in [0.29, 0.717) is 0 Å². The Kier molecular flexibility index (Phi) is 3.64. The minimum atomic E-state index is 1.21. The van der Waals surface area contributed by atoms with E-state index in [0.717, 1.165) is 0 Å². The number of nitrogens with zero attached hydrogens (tertiary/aromatic N) is 1. The van der Waals surface area contributed by atoms with Gasteiger partial charge in [-0.25, -0.2) is 0 Å². The molecule has 0 atom stereocenters. The molecule has 1 nitrogen and oxygen atoms in total. The molecule has 0 aromatic heterocycles. The molecule has 0 aliphatic carbocycles. The van der Waals surface area contributed by atoms with Crippen molar-refractivity contribution < 1.29 is 0 Å². The van der Waals surface area contributed by atoms with Crippen LogP contribution in [0.25, 0.3) is 0 Å². The summed E-state index contributed by atoms with van der Waals surface area (Å²) in [5, 5.41) is 0. The van der Waals surface area contributed by atoms with Gasteiger partial charge in [-0.2, -0.15) is 0 Å². The highest BCUT2D eigenvalue weighted by Gasteiger charge is 2.08. The van der Waals surface area contributed by atoms with Gasteiger partial charge in [0.1, 0.15) is 0 Å². The van der Waals surface area contributed by atoms with Crippen LogP contribution in [0.1, 0.15) is 33.1 Å². The maximum Gasteiger partial charge on any atom is 0.0192 e. The fourth-order valence-electron chi connectivity index (χ4n) is 1.65. The van der Waals surface area contributed by atoms with Gasteiger partial charge in [-0.1, -0.05) is 31.9 Å². The van der Waals surface area contributed by atoms with Crippen molar-refractivity contribution >= 4 is 0 Å². The second-order valence-corrected chi connectivity index (χ2v) is 3.27. The second-order valence-electron chi connectivity index (χ2n) is 3.27.